The first kappa shape index (κ1) is 60.8. The van der Waals surface area contributed by atoms with Crippen LogP contribution in [0.5, 0.6) is 0 Å². The van der Waals surface area contributed by atoms with Crippen molar-refractivity contribution in [3.63, 3.8) is 0 Å². The fourth-order valence-electron chi connectivity index (χ4n) is 8.31. The van der Waals surface area contributed by atoms with Gasteiger partial charge in [0.1, 0.15) is 6.10 Å². The Kier molecular flexibility index (Phi) is 49.1. The van der Waals surface area contributed by atoms with E-state index in [2.05, 4.69) is 74.7 Å². The van der Waals surface area contributed by atoms with Crippen molar-refractivity contribution in [3.8, 4) is 0 Å². The number of hydrogen-bond acceptors (Lipinski definition) is 5. The number of nitrogens with one attached hydrogen (secondary N) is 1. The summed E-state index contributed by atoms with van der Waals surface area (Å²) in [5, 5.41) is 23.8. The molecule has 0 spiro atoms. The van der Waals surface area contributed by atoms with Gasteiger partial charge in [0.15, 0.2) is 0 Å². The van der Waals surface area contributed by atoms with Gasteiger partial charge in [-0.15, -0.1) is 0 Å². The van der Waals surface area contributed by atoms with Crippen LogP contribution >= 0.6 is 0 Å². The minimum Gasteiger partial charge on any atom is -0.462 e. The summed E-state index contributed by atoms with van der Waals surface area (Å²) in [5.41, 5.74) is 0. The molecule has 6 nitrogen and oxygen atoms in total. The third-order valence-corrected chi connectivity index (χ3v) is 12.4. The molecule has 6 heteroatoms. The van der Waals surface area contributed by atoms with Crippen LogP contribution in [0.1, 0.15) is 278 Å². The lowest BCUT2D eigenvalue weighted by Gasteiger charge is -2.24. The predicted octanol–water partition coefficient (Wildman–Crippen LogP) is 16.6. The van der Waals surface area contributed by atoms with Gasteiger partial charge < -0.3 is 20.3 Å². The quantitative estimate of drug-likeness (QED) is 0.0321. The topological polar surface area (TPSA) is 95.9 Å². The summed E-state index contributed by atoms with van der Waals surface area (Å²) in [6.07, 6.45) is 61.7. The van der Waals surface area contributed by atoms with Gasteiger partial charge in [-0.3, -0.25) is 9.59 Å². The first-order valence-electron chi connectivity index (χ1n) is 27.4. The summed E-state index contributed by atoms with van der Waals surface area (Å²) in [6, 6.07) is -0.706. The number of rotatable bonds is 49. The van der Waals surface area contributed by atoms with E-state index < -0.39 is 18.2 Å². The van der Waals surface area contributed by atoms with E-state index in [1.165, 1.54) is 148 Å². The van der Waals surface area contributed by atoms with Gasteiger partial charge in [-0.1, -0.05) is 249 Å². The summed E-state index contributed by atoms with van der Waals surface area (Å²) in [5.74, 6) is -0.500. The third-order valence-electron chi connectivity index (χ3n) is 12.4. The number of ether oxygens (including phenoxy) is 1. The first-order chi connectivity index (χ1) is 31.0. The maximum atomic E-state index is 13.2. The van der Waals surface area contributed by atoms with Crippen molar-refractivity contribution in [2.24, 2.45) is 0 Å². The molecule has 3 atom stereocenters. The normalized spacial score (nSPS) is 13.5. The molecule has 3 unspecified atom stereocenters. The Morgan fingerprint density at radius 1 is 0.476 bits per heavy atom. The SMILES string of the molecule is CC/C=C/C/C=C/C/C=C/C/C=C/CCCCCC(=O)OC(CCCCCCCCCCCCCCC)CC(=O)NC(CO)C(O)CCCCCCCCCCCCCCCCC. The van der Waals surface area contributed by atoms with Crippen LogP contribution in [0, 0.1) is 0 Å². The molecule has 0 aromatic carbocycles. The monoisotopic (exact) mass is 884 g/mol. The van der Waals surface area contributed by atoms with Crippen molar-refractivity contribution in [1.29, 1.82) is 0 Å². The zero-order chi connectivity index (χ0) is 45.9. The van der Waals surface area contributed by atoms with Gasteiger partial charge in [0, 0.05) is 6.42 Å². The Balaban J connectivity index is 4.57. The lowest BCUT2D eigenvalue weighted by atomic mass is 10.0. The molecule has 1 amide bonds. The summed E-state index contributed by atoms with van der Waals surface area (Å²) < 4.78 is 5.93. The molecule has 0 bridgehead atoms. The zero-order valence-electron chi connectivity index (χ0n) is 42.0. The molecule has 0 aromatic rings. The summed E-state index contributed by atoms with van der Waals surface area (Å²) in [7, 11) is 0. The Morgan fingerprint density at radius 3 is 1.29 bits per heavy atom. The maximum Gasteiger partial charge on any atom is 0.306 e. The van der Waals surface area contributed by atoms with Crippen molar-refractivity contribution < 1.29 is 24.5 Å². The van der Waals surface area contributed by atoms with E-state index in [0.29, 0.717) is 19.3 Å². The number of aliphatic hydroxyl groups excluding tert-OH is 2. The Morgan fingerprint density at radius 2 is 0.857 bits per heavy atom. The molecular formula is C57H105NO5. The van der Waals surface area contributed by atoms with Crippen LogP contribution in [0.25, 0.3) is 0 Å². The average Bonchev–Trinajstić information content (AvgIpc) is 3.28. The van der Waals surface area contributed by atoms with Crippen LogP contribution in [0.4, 0.5) is 0 Å². The summed E-state index contributed by atoms with van der Waals surface area (Å²) in [6.45, 7) is 6.39. The average molecular weight is 884 g/mol. The number of carbonyl (C=O) groups is 2. The summed E-state index contributed by atoms with van der Waals surface area (Å²) in [4.78, 5) is 26.2. The predicted molar refractivity (Wildman–Crippen MR) is 273 cm³/mol. The molecule has 3 N–H and O–H groups in total. The smallest absolute Gasteiger partial charge is 0.306 e. The minimum absolute atomic E-state index is 0.0675. The highest BCUT2D eigenvalue weighted by Gasteiger charge is 2.24. The second-order valence-corrected chi connectivity index (χ2v) is 18.6. The number of hydrogen-bond donors (Lipinski definition) is 3. The van der Waals surface area contributed by atoms with E-state index in [0.717, 1.165) is 83.5 Å². The number of esters is 1. The van der Waals surface area contributed by atoms with E-state index in [4.69, 9.17) is 4.74 Å². The number of aliphatic hydroxyl groups is 2. The highest BCUT2D eigenvalue weighted by atomic mass is 16.5. The van der Waals surface area contributed by atoms with Gasteiger partial charge in [-0.25, -0.2) is 0 Å². The van der Waals surface area contributed by atoms with E-state index in [-0.39, 0.29) is 24.9 Å². The number of amides is 1. The largest absolute Gasteiger partial charge is 0.462 e. The number of carbonyl (C=O) groups excluding carboxylic acids is 2. The number of unbranched alkanes of at least 4 members (excludes halogenated alkanes) is 29. The second kappa shape index (κ2) is 50.8. The molecule has 0 saturated heterocycles. The van der Waals surface area contributed by atoms with Crippen molar-refractivity contribution in [2.75, 3.05) is 6.61 Å². The lowest BCUT2D eigenvalue weighted by Crippen LogP contribution is -2.46. The van der Waals surface area contributed by atoms with E-state index in [1.54, 1.807) is 0 Å². The Hall–Kier alpha value is -2.18. The van der Waals surface area contributed by atoms with Crippen molar-refractivity contribution >= 4 is 11.9 Å². The van der Waals surface area contributed by atoms with Crippen LogP contribution in [-0.4, -0.2) is 46.9 Å². The molecule has 0 saturated carbocycles. The van der Waals surface area contributed by atoms with Crippen LogP contribution < -0.4 is 5.32 Å². The second-order valence-electron chi connectivity index (χ2n) is 18.6. The molecule has 0 radical (unpaired) electrons. The van der Waals surface area contributed by atoms with Gasteiger partial charge in [-0.05, 0) is 64.2 Å². The van der Waals surface area contributed by atoms with Crippen LogP contribution in [0.15, 0.2) is 48.6 Å². The molecule has 0 aliphatic carbocycles. The van der Waals surface area contributed by atoms with Crippen LogP contribution in [-0.2, 0) is 14.3 Å². The van der Waals surface area contributed by atoms with Crippen molar-refractivity contribution in [1.82, 2.24) is 5.32 Å². The zero-order valence-corrected chi connectivity index (χ0v) is 42.0. The van der Waals surface area contributed by atoms with E-state index in [9.17, 15) is 19.8 Å². The first-order valence-corrected chi connectivity index (χ1v) is 27.4. The van der Waals surface area contributed by atoms with Crippen molar-refractivity contribution in [2.45, 2.75) is 296 Å². The third kappa shape index (κ3) is 46.2. The molecule has 0 aromatic heterocycles. The van der Waals surface area contributed by atoms with Crippen LogP contribution in [0.2, 0.25) is 0 Å². The standard InChI is InChI=1S/C57H105NO5/c1-4-7-10-13-16-19-22-25-27-29-32-35-38-41-44-47-50-57(62)63-53(48-45-42-39-36-33-30-24-21-18-15-12-9-6-3)51-56(61)58-54(52-59)55(60)49-46-43-40-37-34-31-28-26-23-20-17-14-11-8-5-2/h7,10,16,19,25,27,32,35,53-55,59-60H,4-6,8-9,11-15,17-18,20-24,26,28-31,33-34,36-52H2,1-3H3,(H,58,61)/b10-7+,19-16+,27-25+,35-32+. The molecular weight excluding hydrogens is 779 g/mol. The molecule has 0 fully saturated rings. The molecule has 0 rings (SSSR count). The van der Waals surface area contributed by atoms with E-state index >= 15 is 0 Å². The lowest BCUT2D eigenvalue weighted by molar-refractivity contribution is -0.151. The fraction of sp³-hybridized carbons (Fsp3) is 0.825. The van der Waals surface area contributed by atoms with Gasteiger partial charge in [0.05, 0.1) is 25.2 Å². The molecule has 0 heterocycles. The Bertz CT molecular complexity index is 1080. The van der Waals surface area contributed by atoms with Gasteiger partial charge in [-0.2, -0.15) is 0 Å². The maximum absolute atomic E-state index is 13.2. The fourth-order valence-corrected chi connectivity index (χ4v) is 8.31. The number of allylic oxidation sites excluding steroid dienone is 8. The molecule has 0 aliphatic rings. The molecule has 0 aliphatic heterocycles. The molecule has 368 valence electrons. The minimum atomic E-state index is -0.792. The van der Waals surface area contributed by atoms with Crippen molar-refractivity contribution in [3.05, 3.63) is 48.6 Å². The van der Waals surface area contributed by atoms with E-state index in [1.807, 2.05) is 0 Å². The van der Waals surface area contributed by atoms with Gasteiger partial charge in [0.25, 0.3) is 0 Å². The highest BCUT2D eigenvalue weighted by Crippen LogP contribution is 2.18. The summed E-state index contributed by atoms with van der Waals surface area (Å²) >= 11 is 0. The van der Waals surface area contributed by atoms with Crippen LogP contribution in [0.3, 0.4) is 0 Å². The van der Waals surface area contributed by atoms with Gasteiger partial charge >= 0.3 is 5.97 Å². The molecule has 63 heavy (non-hydrogen) atoms. The van der Waals surface area contributed by atoms with Gasteiger partial charge in [0.2, 0.25) is 5.91 Å². The Labute approximate surface area is 391 Å². The highest BCUT2D eigenvalue weighted by molar-refractivity contribution is 5.77.